The van der Waals surface area contributed by atoms with Gasteiger partial charge in [0.1, 0.15) is 0 Å². The van der Waals surface area contributed by atoms with Gasteiger partial charge in [0, 0.05) is 17.1 Å². The van der Waals surface area contributed by atoms with Gasteiger partial charge in [-0.1, -0.05) is 0 Å². The van der Waals surface area contributed by atoms with Crippen LogP contribution in [-0.2, 0) is 0 Å². The largest absolute Gasteiger partial charge is 0.330 e. The van der Waals surface area contributed by atoms with E-state index in [9.17, 15) is 0 Å². The minimum atomic E-state index is 0.523. The summed E-state index contributed by atoms with van der Waals surface area (Å²) in [6, 6.07) is 0.523. The number of hydrogen-bond donors (Lipinski definition) is 1. The van der Waals surface area contributed by atoms with E-state index >= 15 is 0 Å². The van der Waals surface area contributed by atoms with Crippen molar-refractivity contribution in [3.05, 3.63) is 16.6 Å². The Morgan fingerprint density at radius 1 is 1.50 bits per heavy atom. The van der Waals surface area contributed by atoms with E-state index in [1.165, 1.54) is 30.8 Å². The fourth-order valence-corrected chi connectivity index (χ4v) is 2.90. The zero-order valence-corrected chi connectivity index (χ0v) is 9.17. The van der Waals surface area contributed by atoms with Crippen molar-refractivity contribution in [2.75, 3.05) is 19.6 Å². The van der Waals surface area contributed by atoms with Crippen molar-refractivity contribution in [3.63, 3.8) is 0 Å². The first-order valence-electron chi connectivity index (χ1n) is 5.24. The molecule has 1 unspecified atom stereocenters. The molecule has 0 bridgehead atoms. The average molecular weight is 211 g/mol. The van der Waals surface area contributed by atoms with Crippen molar-refractivity contribution in [2.24, 2.45) is 5.73 Å². The van der Waals surface area contributed by atoms with Crippen LogP contribution in [-0.4, -0.2) is 29.5 Å². The normalized spacial score (nSPS) is 20.1. The fourth-order valence-electron chi connectivity index (χ4n) is 2.11. The molecule has 0 amide bonds. The van der Waals surface area contributed by atoms with E-state index in [1.54, 1.807) is 11.3 Å². The van der Waals surface area contributed by atoms with Gasteiger partial charge in [0.05, 0.1) is 5.51 Å². The molecule has 2 N–H and O–H groups in total. The van der Waals surface area contributed by atoms with Crippen LogP contribution in [0.4, 0.5) is 0 Å². The molecule has 1 fully saturated rings. The fraction of sp³-hybridized carbons (Fsp3) is 0.700. The first-order chi connectivity index (χ1) is 6.92. The molecule has 0 saturated carbocycles. The highest BCUT2D eigenvalue weighted by Crippen LogP contribution is 2.29. The molecule has 78 valence electrons. The number of thiazole rings is 1. The van der Waals surface area contributed by atoms with Gasteiger partial charge in [-0.15, -0.1) is 11.3 Å². The van der Waals surface area contributed by atoms with Gasteiger partial charge in [0.15, 0.2) is 0 Å². The van der Waals surface area contributed by atoms with Gasteiger partial charge in [0.25, 0.3) is 0 Å². The number of likely N-dealkylation sites (tertiary alicyclic amines) is 1. The molecule has 1 aliphatic rings. The molecule has 1 aromatic heterocycles. The summed E-state index contributed by atoms with van der Waals surface area (Å²) in [6.45, 7) is 3.21. The lowest BCUT2D eigenvalue weighted by Gasteiger charge is -2.25. The molecule has 1 aliphatic heterocycles. The molecular weight excluding hydrogens is 194 g/mol. The van der Waals surface area contributed by atoms with E-state index in [-0.39, 0.29) is 0 Å². The standard InChI is InChI=1S/C10H17N3S/c11-4-3-9(10-7-12-8-14-10)13-5-1-2-6-13/h7-9H,1-6,11H2. The summed E-state index contributed by atoms with van der Waals surface area (Å²) in [7, 11) is 0. The minimum absolute atomic E-state index is 0.523. The van der Waals surface area contributed by atoms with E-state index < -0.39 is 0 Å². The van der Waals surface area contributed by atoms with Crippen molar-refractivity contribution in [3.8, 4) is 0 Å². The molecule has 0 radical (unpaired) electrons. The molecule has 3 nitrogen and oxygen atoms in total. The third-order valence-electron chi connectivity index (χ3n) is 2.80. The third kappa shape index (κ3) is 2.13. The Morgan fingerprint density at radius 3 is 2.86 bits per heavy atom. The molecule has 0 aromatic carbocycles. The number of rotatable bonds is 4. The molecule has 4 heteroatoms. The van der Waals surface area contributed by atoms with Crippen molar-refractivity contribution >= 4 is 11.3 Å². The van der Waals surface area contributed by atoms with Crippen LogP contribution in [0.5, 0.6) is 0 Å². The molecule has 2 rings (SSSR count). The lowest BCUT2D eigenvalue weighted by Crippen LogP contribution is -2.26. The Morgan fingerprint density at radius 2 is 2.29 bits per heavy atom. The molecular formula is C10H17N3S. The summed E-state index contributed by atoms with van der Waals surface area (Å²) < 4.78 is 0. The van der Waals surface area contributed by atoms with Crippen LogP contribution in [0, 0.1) is 0 Å². The second kappa shape index (κ2) is 4.87. The van der Waals surface area contributed by atoms with Crippen LogP contribution in [0.1, 0.15) is 30.2 Å². The third-order valence-corrected chi connectivity index (χ3v) is 3.68. The van der Waals surface area contributed by atoms with Crippen molar-refractivity contribution in [1.82, 2.24) is 9.88 Å². The Labute approximate surface area is 88.9 Å². The van der Waals surface area contributed by atoms with Gasteiger partial charge in [-0.3, -0.25) is 9.88 Å². The topological polar surface area (TPSA) is 42.1 Å². The smallest absolute Gasteiger partial charge is 0.0794 e. The maximum atomic E-state index is 5.66. The number of aromatic nitrogens is 1. The molecule has 1 atom stereocenters. The minimum Gasteiger partial charge on any atom is -0.330 e. The number of nitrogens with two attached hydrogens (primary N) is 1. The second-order valence-electron chi connectivity index (χ2n) is 3.74. The van der Waals surface area contributed by atoms with Gasteiger partial charge in [-0.25, -0.2) is 0 Å². The quantitative estimate of drug-likeness (QED) is 0.823. The van der Waals surface area contributed by atoms with Crippen molar-refractivity contribution in [2.45, 2.75) is 25.3 Å². The molecule has 1 aromatic rings. The van der Waals surface area contributed by atoms with Crippen LogP contribution in [0.3, 0.4) is 0 Å². The van der Waals surface area contributed by atoms with E-state index in [4.69, 9.17) is 5.73 Å². The average Bonchev–Trinajstić information content (AvgIpc) is 2.87. The van der Waals surface area contributed by atoms with Gasteiger partial charge in [-0.05, 0) is 38.9 Å². The summed E-state index contributed by atoms with van der Waals surface area (Å²) in [5.41, 5.74) is 7.57. The van der Waals surface area contributed by atoms with Crippen LogP contribution in [0.15, 0.2) is 11.7 Å². The Hall–Kier alpha value is -0.450. The van der Waals surface area contributed by atoms with Gasteiger partial charge in [-0.2, -0.15) is 0 Å². The highest BCUT2D eigenvalue weighted by Gasteiger charge is 2.23. The first kappa shape index (κ1) is 10.1. The van der Waals surface area contributed by atoms with Crippen molar-refractivity contribution < 1.29 is 0 Å². The van der Waals surface area contributed by atoms with E-state index in [0.717, 1.165) is 13.0 Å². The monoisotopic (exact) mass is 211 g/mol. The Balaban J connectivity index is 2.06. The van der Waals surface area contributed by atoms with Gasteiger partial charge < -0.3 is 5.73 Å². The zero-order valence-electron chi connectivity index (χ0n) is 8.35. The Bertz CT molecular complexity index is 254. The molecule has 1 saturated heterocycles. The maximum absolute atomic E-state index is 5.66. The highest BCUT2D eigenvalue weighted by atomic mass is 32.1. The lowest BCUT2D eigenvalue weighted by atomic mass is 10.1. The van der Waals surface area contributed by atoms with E-state index in [0.29, 0.717) is 6.04 Å². The van der Waals surface area contributed by atoms with Crippen LogP contribution in [0.25, 0.3) is 0 Å². The molecule has 2 heterocycles. The second-order valence-corrected chi connectivity index (χ2v) is 4.66. The van der Waals surface area contributed by atoms with Gasteiger partial charge >= 0.3 is 0 Å². The van der Waals surface area contributed by atoms with E-state index in [2.05, 4.69) is 9.88 Å². The molecule has 14 heavy (non-hydrogen) atoms. The van der Waals surface area contributed by atoms with Crippen LogP contribution >= 0.6 is 11.3 Å². The molecule has 0 spiro atoms. The predicted octanol–water partition coefficient (Wildman–Crippen LogP) is 1.63. The number of hydrogen-bond acceptors (Lipinski definition) is 4. The predicted molar refractivity (Wildman–Crippen MR) is 59.3 cm³/mol. The lowest BCUT2D eigenvalue weighted by molar-refractivity contribution is 0.239. The number of nitrogens with zero attached hydrogens (tertiary/aromatic N) is 2. The summed E-state index contributed by atoms with van der Waals surface area (Å²) in [4.78, 5) is 8.06. The molecule has 0 aliphatic carbocycles. The maximum Gasteiger partial charge on any atom is 0.0794 e. The highest BCUT2D eigenvalue weighted by molar-refractivity contribution is 7.09. The van der Waals surface area contributed by atoms with E-state index in [1.807, 2.05) is 11.7 Å². The van der Waals surface area contributed by atoms with Crippen LogP contribution in [0.2, 0.25) is 0 Å². The first-order valence-corrected chi connectivity index (χ1v) is 6.12. The SMILES string of the molecule is NCCC(c1cncs1)N1CCCC1. The Kier molecular flexibility index (Phi) is 3.50. The van der Waals surface area contributed by atoms with Crippen molar-refractivity contribution in [1.29, 1.82) is 0 Å². The zero-order chi connectivity index (χ0) is 9.80. The summed E-state index contributed by atoms with van der Waals surface area (Å²) in [5.74, 6) is 0. The van der Waals surface area contributed by atoms with Gasteiger partial charge in [0.2, 0.25) is 0 Å². The summed E-state index contributed by atoms with van der Waals surface area (Å²) >= 11 is 1.75. The van der Waals surface area contributed by atoms with Crippen LogP contribution < -0.4 is 5.73 Å². The summed E-state index contributed by atoms with van der Waals surface area (Å²) in [5, 5.41) is 0. The summed E-state index contributed by atoms with van der Waals surface area (Å²) in [6.07, 6.45) is 5.71.